The Hall–Kier alpha value is -2.61. The number of rotatable bonds is 7. The van der Waals surface area contributed by atoms with Crippen LogP contribution in [0, 0.1) is 0 Å². The molecule has 0 spiro atoms. The minimum atomic E-state index is -0.623. The van der Waals surface area contributed by atoms with E-state index in [1.165, 1.54) is 24.1 Å². The fourth-order valence-electron chi connectivity index (χ4n) is 3.32. The third-order valence-corrected chi connectivity index (χ3v) is 4.69. The molecule has 1 aromatic carbocycles. The van der Waals surface area contributed by atoms with Crippen LogP contribution in [0.15, 0.2) is 24.3 Å². The molecule has 0 saturated carbocycles. The molecule has 1 aromatic rings. The van der Waals surface area contributed by atoms with Gasteiger partial charge in [-0.2, -0.15) is 0 Å². The van der Waals surface area contributed by atoms with Gasteiger partial charge in [0.05, 0.1) is 0 Å². The highest BCUT2D eigenvalue weighted by atomic mass is 16.5. The molecule has 8 heteroatoms. The number of carbonyl (C=O) groups is 3. The van der Waals surface area contributed by atoms with Crippen LogP contribution < -0.4 is 5.32 Å². The van der Waals surface area contributed by atoms with Crippen molar-refractivity contribution in [2.75, 3.05) is 33.4 Å². The Morgan fingerprint density at radius 3 is 2.59 bits per heavy atom. The van der Waals surface area contributed by atoms with Crippen molar-refractivity contribution in [2.45, 2.75) is 32.4 Å². The smallest absolute Gasteiger partial charge is 0.251 e. The van der Waals surface area contributed by atoms with Gasteiger partial charge in [0.15, 0.2) is 0 Å². The van der Waals surface area contributed by atoms with E-state index >= 15 is 0 Å². The van der Waals surface area contributed by atoms with E-state index in [2.05, 4.69) is 5.32 Å². The SMILES string of the molecule is CCN(CC)C(=O)[C@@H]1C[C@H](NC(=O)c2cccc(O)c2)CN1C(=O)COC. The second kappa shape index (κ2) is 9.36. The summed E-state index contributed by atoms with van der Waals surface area (Å²) < 4.78 is 4.92. The third kappa shape index (κ3) is 4.97. The summed E-state index contributed by atoms with van der Waals surface area (Å²) in [6.45, 7) is 5.01. The van der Waals surface area contributed by atoms with Crippen molar-refractivity contribution >= 4 is 17.7 Å². The van der Waals surface area contributed by atoms with Gasteiger partial charge in [0.1, 0.15) is 18.4 Å². The second-order valence-electron chi connectivity index (χ2n) is 6.46. The number of nitrogens with one attached hydrogen (secondary N) is 1. The maximum absolute atomic E-state index is 12.8. The van der Waals surface area contributed by atoms with E-state index in [1.54, 1.807) is 17.0 Å². The van der Waals surface area contributed by atoms with Gasteiger partial charge < -0.3 is 25.0 Å². The van der Waals surface area contributed by atoms with Crippen LogP contribution in [0.3, 0.4) is 0 Å². The molecule has 8 nitrogen and oxygen atoms in total. The fourth-order valence-corrected chi connectivity index (χ4v) is 3.32. The van der Waals surface area contributed by atoms with Crippen LogP contribution >= 0.6 is 0 Å². The number of methoxy groups -OCH3 is 1. The molecular weight excluding hydrogens is 350 g/mol. The molecule has 148 valence electrons. The highest BCUT2D eigenvalue weighted by Crippen LogP contribution is 2.21. The molecule has 1 aliphatic heterocycles. The number of hydrogen-bond donors (Lipinski definition) is 2. The fraction of sp³-hybridized carbons (Fsp3) is 0.526. The third-order valence-electron chi connectivity index (χ3n) is 4.69. The first kappa shape index (κ1) is 20.7. The minimum absolute atomic E-state index is 0.000517. The van der Waals surface area contributed by atoms with Gasteiger partial charge in [0.25, 0.3) is 5.91 Å². The number of hydrogen-bond acceptors (Lipinski definition) is 5. The van der Waals surface area contributed by atoms with Crippen molar-refractivity contribution in [2.24, 2.45) is 0 Å². The van der Waals surface area contributed by atoms with E-state index < -0.39 is 6.04 Å². The zero-order chi connectivity index (χ0) is 20.0. The predicted octanol–water partition coefficient (Wildman–Crippen LogP) is 0.606. The molecule has 0 unspecified atom stereocenters. The first-order valence-electron chi connectivity index (χ1n) is 9.08. The lowest BCUT2D eigenvalue weighted by Gasteiger charge is -2.28. The molecule has 2 N–H and O–H groups in total. The minimum Gasteiger partial charge on any atom is -0.508 e. The summed E-state index contributed by atoms with van der Waals surface area (Å²) in [7, 11) is 1.43. The van der Waals surface area contributed by atoms with Crippen LogP contribution in [-0.4, -0.2) is 78.1 Å². The summed E-state index contributed by atoms with van der Waals surface area (Å²) in [5, 5.41) is 12.4. The number of phenols is 1. The van der Waals surface area contributed by atoms with Crippen LogP contribution in [-0.2, 0) is 14.3 Å². The molecule has 0 aliphatic carbocycles. The number of benzene rings is 1. The Labute approximate surface area is 159 Å². The van der Waals surface area contributed by atoms with E-state index in [-0.39, 0.29) is 42.7 Å². The molecule has 27 heavy (non-hydrogen) atoms. The number of aromatic hydroxyl groups is 1. The second-order valence-corrected chi connectivity index (χ2v) is 6.46. The van der Waals surface area contributed by atoms with E-state index in [1.807, 2.05) is 13.8 Å². The summed E-state index contributed by atoms with van der Waals surface area (Å²) >= 11 is 0. The Morgan fingerprint density at radius 1 is 1.30 bits per heavy atom. The van der Waals surface area contributed by atoms with Gasteiger partial charge in [-0.05, 0) is 38.5 Å². The van der Waals surface area contributed by atoms with E-state index in [0.717, 1.165) is 0 Å². The predicted molar refractivity (Wildman–Crippen MR) is 99.3 cm³/mol. The molecule has 1 aliphatic rings. The zero-order valence-corrected chi connectivity index (χ0v) is 16.0. The van der Waals surface area contributed by atoms with Gasteiger partial charge >= 0.3 is 0 Å². The van der Waals surface area contributed by atoms with Gasteiger partial charge in [-0.25, -0.2) is 0 Å². The Balaban J connectivity index is 2.14. The number of amides is 3. The maximum Gasteiger partial charge on any atom is 0.251 e. The highest BCUT2D eigenvalue weighted by molar-refractivity contribution is 5.95. The molecule has 1 saturated heterocycles. The quantitative estimate of drug-likeness (QED) is 0.725. The van der Waals surface area contributed by atoms with Crippen molar-refractivity contribution in [1.29, 1.82) is 0 Å². The first-order valence-corrected chi connectivity index (χ1v) is 9.08. The molecule has 0 aromatic heterocycles. The van der Waals surface area contributed by atoms with Crippen LogP contribution in [0.2, 0.25) is 0 Å². The Morgan fingerprint density at radius 2 is 2.00 bits per heavy atom. The molecule has 2 rings (SSSR count). The molecule has 1 heterocycles. The molecule has 1 fully saturated rings. The summed E-state index contributed by atoms with van der Waals surface area (Å²) in [5.74, 6) is -0.762. The summed E-state index contributed by atoms with van der Waals surface area (Å²) in [6, 6.07) is 5.05. The molecule has 0 bridgehead atoms. The van der Waals surface area contributed by atoms with Crippen molar-refractivity contribution in [1.82, 2.24) is 15.1 Å². The first-order chi connectivity index (χ1) is 12.9. The Bertz CT molecular complexity index is 690. The topological polar surface area (TPSA) is 99.2 Å². The van der Waals surface area contributed by atoms with E-state index in [0.29, 0.717) is 25.1 Å². The molecular formula is C19H27N3O5. The van der Waals surface area contributed by atoms with Crippen molar-refractivity contribution in [3.63, 3.8) is 0 Å². The van der Waals surface area contributed by atoms with Gasteiger partial charge in [-0.15, -0.1) is 0 Å². The average Bonchev–Trinajstić information content (AvgIpc) is 3.06. The Kier molecular flexibility index (Phi) is 7.18. The van der Waals surface area contributed by atoms with E-state index in [9.17, 15) is 19.5 Å². The number of nitrogens with zero attached hydrogens (tertiary/aromatic N) is 2. The van der Waals surface area contributed by atoms with Gasteiger partial charge in [-0.1, -0.05) is 6.07 Å². The van der Waals surface area contributed by atoms with Crippen LogP contribution in [0.25, 0.3) is 0 Å². The lowest BCUT2D eigenvalue weighted by Crippen LogP contribution is -2.48. The molecule has 2 atom stereocenters. The summed E-state index contributed by atoms with van der Waals surface area (Å²) in [6.07, 6.45) is 0.343. The molecule has 0 radical (unpaired) electrons. The van der Waals surface area contributed by atoms with Crippen LogP contribution in [0.5, 0.6) is 5.75 Å². The number of likely N-dealkylation sites (tertiary alicyclic amines) is 1. The standard InChI is InChI=1S/C19H27N3O5/c1-4-21(5-2)19(26)16-10-14(11-22(16)17(24)12-27-3)20-18(25)13-7-6-8-15(23)9-13/h6-9,14,16,23H,4-5,10-12H2,1-3H3,(H,20,25)/t14-,16-/m0/s1. The van der Waals surface area contributed by atoms with Crippen LogP contribution in [0.4, 0.5) is 0 Å². The highest BCUT2D eigenvalue weighted by Gasteiger charge is 2.41. The number of likely N-dealkylation sites (N-methyl/N-ethyl adjacent to an activating group) is 1. The van der Waals surface area contributed by atoms with E-state index in [4.69, 9.17) is 4.74 Å². The lowest BCUT2D eigenvalue weighted by molar-refractivity contribution is -0.145. The van der Waals surface area contributed by atoms with Crippen LogP contribution in [0.1, 0.15) is 30.6 Å². The number of phenolic OH excluding ortho intramolecular Hbond substituents is 1. The number of ether oxygens (including phenoxy) is 1. The van der Waals surface area contributed by atoms with Gasteiger partial charge in [0, 0.05) is 38.3 Å². The summed E-state index contributed by atoms with van der Waals surface area (Å²) in [5.41, 5.74) is 0.322. The maximum atomic E-state index is 12.8. The van der Waals surface area contributed by atoms with Crippen molar-refractivity contribution in [3.05, 3.63) is 29.8 Å². The van der Waals surface area contributed by atoms with Gasteiger partial charge in [0.2, 0.25) is 11.8 Å². The number of carbonyl (C=O) groups excluding carboxylic acids is 3. The largest absolute Gasteiger partial charge is 0.508 e. The summed E-state index contributed by atoms with van der Waals surface area (Å²) in [4.78, 5) is 40.8. The monoisotopic (exact) mass is 377 g/mol. The van der Waals surface area contributed by atoms with Crippen molar-refractivity contribution in [3.8, 4) is 5.75 Å². The normalized spacial score (nSPS) is 19.0. The van der Waals surface area contributed by atoms with Gasteiger partial charge in [-0.3, -0.25) is 14.4 Å². The molecule has 3 amide bonds. The average molecular weight is 377 g/mol. The lowest BCUT2D eigenvalue weighted by atomic mass is 10.1. The van der Waals surface area contributed by atoms with Crippen molar-refractivity contribution < 1.29 is 24.2 Å². The zero-order valence-electron chi connectivity index (χ0n) is 16.0.